The quantitative estimate of drug-likeness (QED) is 0.0188. The van der Waals surface area contributed by atoms with Gasteiger partial charge in [0.15, 0.2) is 0 Å². The van der Waals surface area contributed by atoms with Gasteiger partial charge in [0.2, 0.25) is 17.7 Å². The molecule has 0 heterocycles. The standard InChI is InChI=1S/C32H62N6O7/c1-2-29(39)35-21-17-16-18-27(32(42)43)37-31(41)26-45-25-24-44-23-22-36-30(40)20-15-13-11-9-7-5-3-4-6-8-10-12-14-19-28(33)38-34/h27H,2-26,34H2,1H3,(H2,33,38)(H,35,39)(H,36,40)(H,37,41)(H,42,43). The minimum absolute atomic E-state index is 0.0273. The number of hydrazine groups is 1. The molecule has 0 rings (SSSR count). The van der Waals surface area contributed by atoms with Crippen molar-refractivity contribution in [1.29, 1.82) is 5.41 Å². The normalized spacial score (nSPS) is 11.5. The number of nitrogens with one attached hydrogen (secondary N) is 5. The molecule has 0 saturated carbocycles. The second-order valence-corrected chi connectivity index (χ2v) is 11.4. The van der Waals surface area contributed by atoms with Crippen LogP contribution >= 0.6 is 0 Å². The molecule has 1 atom stereocenters. The number of hydrogen-bond donors (Lipinski definition) is 7. The van der Waals surface area contributed by atoms with Crippen molar-refractivity contribution in [3.63, 3.8) is 0 Å². The van der Waals surface area contributed by atoms with Gasteiger partial charge >= 0.3 is 5.97 Å². The Balaban J connectivity index is 3.50. The van der Waals surface area contributed by atoms with Crippen molar-refractivity contribution in [2.75, 3.05) is 39.5 Å². The Labute approximate surface area is 270 Å². The first-order chi connectivity index (χ1) is 21.8. The van der Waals surface area contributed by atoms with Gasteiger partial charge in [-0.05, 0) is 32.1 Å². The zero-order valence-electron chi connectivity index (χ0n) is 27.7. The molecular weight excluding hydrogens is 580 g/mol. The van der Waals surface area contributed by atoms with Crippen molar-refractivity contribution < 1.29 is 33.8 Å². The molecule has 0 aromatic rings. The van der Waals surface area contributed by atoms with Gasteiger partial charge in [-0.2, -0.15) is 0 Å². The first kappa shape index (κ1) is 42.2. The number of amidine groups is 1. The third-order valence-electron chi connectivity index (χ3n) is 7.37. The number of ether oxygens (including phenoxy) is 2. The first-order valence-electron chi connectivity index (χ1n) is 17.0. The van der Waals surface area contributed by atoms with Gasteiger partial charge in [0, 0.05) is 32.4 Å². The maximum absolute atomic E-state index is 12.0. The Bertz CT molecular complexity index is 800. The number of carboxylic acid groups (broad SMARTS) is 1. The van der Waals surface area contributed by atoms with E-state index in [0.717, 1.165) is 32.1 Å². The van der Waals surface area contributed by atoms with Crippen LogP contribution in [-0.2, 0) is 28.7 Å². The van der Waals surface area contributed by atoms with Crippen molar-refractivity contribution in [3.8, 4) is 0 Å². The van der Waals surface area contributed by atoms with E-state index in [1.807, 2.05) is 0 Å². The molecule has 45 heavy (non-hydrogen) atoms. The first-order valence-corrected chi connectivity index (χ1v) is 17.0. The molecule has 8 N–H and O–H groups in total. The van der Waals surface area contributed by atoms with Crippen LogP contribution in [0.5, 0.6) is 0 Å². The second-order valence-electron chi connectivity index (χ2n) is 11.4. The second kappa shape index (κ2) is 31.2. The minimum Gasteiger partial charge on any atom is -0.480 e. The molecule has 0 aromatic carbocycles. The molecule has 0 aliphatic carbocycles. The van der Waals surface area contributed by atoms with Crippen LogP contribution in [0.3, 0.4) is 0 Å². The van der Waals surface area contributed by atoms with Crippen LogP contribution in [0, 0.1) is 5.41 Å². The van der Waals surface area contributed by atoms with Crippen molar-refractivity contribution in [2.45, 2.75) is 135 Å². The summed E-state index contributed by atoms with van der Waals surface area (Å²) in [6.07, 6.45) is 18.6. The lowest BCUT2D eigenvalue weighted by Crippen LogP contribution is -2.42. The molecular formula is C32H62N6O7. The largest absolute Gasteiger partial charge is 0.480 e. The van der Waals surface area contributed by atoms with Gasteiger partial charge < -0.3 is 36.0 Å². The van der Waals surface area contributed by atoms with Gasteiger partial charge in [0.25, 0.3) is 0 Å². The smallest absolute Gasteiger partial charge is 0.326 e. The molecule has 0 spiro atoms. The lowest BCUT2D eigenvalue weighted by molar-refractivity contribution is -0.142. The summed E-state index contributed by atoms with van der Waals surface area (Å²) in [6, 6.07) is -1.00. The summed E-state index contributed by atoms with van der Waals surface area (Å²) >= 11 is 0. The number of rotatable bonds is 32. The maximum Gasteiger partial charge on any atom is 0.326 e. The third kappa shape index (κ3) is 29.7. The fraction of sp³-hybridized carbons (Fsp3) is 0.844. The fourth-order valence-electron chi connectivity index (χ4n) is 4.66. The van der Waals surface area contributed by atoms with Gasteiger partial charge in [-0.3, -0.25) is 19.8 Å². The Morgan fingerprint density at radius 1 is 0.667 bits per heavy atom. The number of amides is 3. The van der Waals surface area contributed by atoms with E-state index >= 15 is 0 Å². The van der Waals surface area contributed by atoms with Gasteiger partial charge in [-0.25, -0.2) is 10.6 Å². The molecule has 0 fully saturated rings. The summed E-state index contributed by atoms with van der Waals surface area (Å²) in [5.41, 5.74) is 2.38. The topological polar surface area (TPSA) is 205 Å². The van der Waals surface area contributed by atoms with Crippen molar-refractivity contribution >= 4 is 29.5 Å². The molecule has 13 heteroatoms. The lowest BCUT2D eigenvalue weighted by atomic mass is 10.0. The van der Waals surface area contributed by atoms with E-state index in [0.29, 0.717) is 51.2 Å². The molecule has 0 bridgehead atoms. The number of carboxylic acids is 1. The monoisotopic (exact) mass is 642 g/mol. The number of carbonyl (C=O) groups is 4. The molecule has 3 amide bonds. The fourth-order valence-corrected chi connectivity index (χ4v) is 4.66. The van der Waals surface area contributed by atoms with Crippen LogP contribution in [0.4, 0.5) is 0 Å². The molecule has 262 valence electrons. The molecule has 0 aliphatic rings. The van der Waals surface area contributed by atoms with Gasteiger partial charge in [-0.15, -0.1) is 0 Å². The highest BCUT2D eigenvalue weighted by atomic mass is 16.5. The van der Waals surface area contributed by atoms with Gasteiger partial charge in [0.1, 0.15) is 18.5 Å². The van der Waals surface area contributed by atoms with E-state index in [4.69, 9.17) is 20.7 Å². The summed E-state index contributed by atoms with van der Waals surface area (Å²) in [4.78, 5) is 46.6. The number of nitrogens with two attached hydrogens (primary N) is 1. The highest BCUT2D eigenvalue weighted by Gasteiger charge is 2.19. The zero-order chi connectivity index (χ0) is 33.4. The van der Waals surface area contributed by atoms with E-state index in [1.54, 1.807) is 6.92 Å². The molecule has 13 nitrogen and oxygen atoms in total. The van der Waals surface area contributed by atoms with Crippen molar-refractivity contribution in [2.24, 2.45) is 5.84 Å². The zero-order valence-corrected chi connectivity index (χ0v) is 27.7. The van der Waals surface area contributed by atoms with E-state index < -0.39 is 17.9 Å². The molecule has 1 unspecified atom stereocenters. The Kier molecular flexibility index (Phi) is 29.3. The average molecular weight is 643 g/mol. The van der Waals surface area contributed by atoms with Crippen LogP contribution in [0.25, 0.3) is 0 Å². The highest BCUT2D eigenvalue weighted by Crippen LogP contribution is 2.13. The maximum atomic E-state index is 12.0. The predicted molar refractivity (Wildman–Crippen MR) is 176 cm³/mol. The van der Waals surface area contributed by atoms with E-state index in [-0.39, 0.29) is 38.1 Å². The van der Waals surface area contributed by atoms with E-state index in [1.165, 1.54) is 57.8 Å². The Morgan fingerprint density at radius 2 is 1.20 bits per heavy atom. The summed E-state index contributed by atoms with van der Waals surface area (Å²) in [5.74, 6) is 3.97. The molecule has 0 saturated heterocycles. The van der Waals surface area contributed by atoms with Crippen molar-refractivity contribution in [3.05, 3.63) is 0 Å². The third-order valence-corrected chi connectivity index (χ3v) is 7.37. The SMILES string of the molecule is CCC(=O)NCCCCC(NC(=O)COCCOCCNC(=O)CCCCCCCCCCCCCCCC(=N)NN)C(=O)O. The van der Waals surface area contributed by atoms with Gasteiger partial charge in [-0.1, -0.05) is 77.6 Å². The lowest BCUT2D eigenvalue weighted by Gasteiger charge is -2.14. The van der Waals surface area contributed by atoms with Crippen LogP contribution in [-0.4, -0.2) is 80.2 Å². The average Bonchev–Trinajstić information content (AvgIpc) is 3.02. The minimum atomic E-state index is -1.11. The summed E-state index contributed by atoms with van der Waals surface area (Å²) in [6.45, 7) is 3.18. The van der Waals surface area contributed by atoms with Gasteiger partial charge in [0.05, 0.1) is 19.8 Å². The molecule has 0 radical (unpaired) electrons. The number of unbranched alkanes of at least 4 members (excludes halogenated alkanes) is 13. The van der Waals surface area contributed by atoms with Crippen LogP contribution in [0.1, 0.15) is 129 Å². The summed E-state index contributed by atoms with van der Waals surface area (Å²) in [5, 5.41) is 24.8. The number of carbonyl (C=O) groups excluding carboxylic acids is 3. The van der Waals surface area contributed by atoms with E-state index in [9.17, 15) is 24.3 Å². The van der Waals surface area contributed by atoms with E-state index in [2.05, 4.69) is 21.4 Å². The highest BCUT2D eigenvalue weighted by molar-refractivity contribution is 5.84. The van der Waals surface area contributed by atoms with Crippen molar-refractivity contribution in [1.82, 2.24) is 21.4 Å². The summed E-state index contributed by atoms with van der Waals surface area (Å²) < 4.78 is 10.7. The molecule has 0 aromatic heterocycles. The predicted octanol–water partition coefficient (Wildman–Crippen LogP) is 3.69. The Morgan fingerprint density at radius 3 is 1.76 bits per heavy atom. The van der Waals surface area contributed by atoms with Crippen LogP contribution in [0.15, 0.2) is 0 Å². The Hall–Kier alpha value is -2.77. The molecule has 0 aliphatic heterocycles. The summed E-state index contributed by atoms with van der Waals surface area (Å²) in [7, 11) is 0. The van der Waals surface area contributed by atoms with Crippen LogP contribution in [0.2, 0.25) is 0 Å². The number of aliphatic carboxylic acids is 1. The van der Waals surface area contributed by atoms with Crippen LogP contribution < -0.4 is 27.2 Å². The number of hydrogen-bond acceptors (Lipinski definition) is 8.